The lowest BCUT2D eigenvalue weighted by molar-refractivity contribution is 0.0651. The molecule has 0 fully saturated rings. The minimum absolute atomic E-state index is 0.0695. The van der Waals surface area contributed by atoms with E-state index in [1.165, 1.54) is 0 Å². The monoisotopic (exact) mass is 398 g/mol. The Morgan fingerprint density at radius 2 is 2.00 bits per heavy atom. The average Bonchev–Trinajstić information content (AvgIpc) is 3.13. The standard InChI is InChI=1S/C19H15BrN2O3/c20-15-10-12(7-8-17(15)23)18-21-16-6-2-1-5-14(16)19(24)22(18)11-13-4-3-9-25-13/h1-10,18,21,23H,11H2. The third-order valence-corrected chi connectivity index (χ3v) is 4.85. The highest BCUT2D eigenvalue weighted by Crippen LogP contribution is 2.36. The molecule has 0 aliphatic carbocycles. The van der Waals surface area contributed by atoms with E-state index in [-0.39, 0.29) is 17.8 Å². The van der Waals surface area contributed by atoms with E-state index >= 15 is 0 Å². The van der Waals surface area contributed by atoms with E-state index in [1.54, 1.807) is 29.4 Å². The Labute approximate surface area is 153 Å². The first-order valence-electron chi connectivity index (χ1n) is 7.81. The number of halogens is 1. The number of amides is 1. The van der Waals surface area contributed by atoms with Gasteiger partial charge in [-0.2, -0.15) is 0 Å². The molecule has 1 amide bonds. The number of benzene rings is 2. The fourth-order valence-electron chi connectivity index (χ4n) is 2.98. The Hall–Kier alpha value is -2.73. The lowest BCUT2D eigenvalue weighted by atomic mass is 10.0. The number of nitrogens with zero attached hydrogens (tertiary/aromatic N) is 1. The SMILES string of the molecule is O=C1c2ccccc2NC(c2ccc(O)c(Br)c2)N1Cc1ccco1. The van der Waals surface area contributed by atoms with Gasteiger partial charge in [0.15, 0.2) is 0 Å². The first-order valence-corrected chi connectivity index (χ1v) is 8.60. The molecule has 126 valence electrons. The van der Waals surface area contributed by atoms with Crippen molar-refractivity contribution in [2.75, 3.05) is 5.32 Å². The van der Waals surface area contributed by atoms with E-state index < -0.39 is 0 Å². The first-order chi connectivity index (χ1) is 12.1. The molecule has 0 radical (unpaired) electrons. The maximum absolute atomic E-state index is 13.1. The summed E-state index contributed by atoms with van der Waals surface area (Å²) in [5.41, 5.74) is 2.28. The summed E-state index contributed by atoms with van der Waals surface area (Å²) >= 11 is 3.34. The predicted octanol–water partition coefficient (Wildman–Crippen LogP) is 4.51. The third kappa shape index (κ3) is 2.89. The van der Waals surface area contributed by atoms with Crippen LogP contribution in [0.5, 0.6) is 5.75 Å². The van der Waals surface area contributed by atoms with Gasteiger partial charge in [0.25, 0.3) is 5.91 Å². The highest BCUT2D eigenvalue weighted by Gasteiger charge is 2.33. The number of rotatable bonds is 3. The van der Waals surface area contributed by atoms with Crippen LogP contribution in [0.4, 0.5) is 5.69 Å². The number of hydrogen-bond donors (Lipinski definition) is 2. The van der Waals surface area contributed by atoms with E-state index in [2.05, 4.69) is 21.2 Å². The van der Waals surface area contributed by atoms with Crippen molar-refractivity contribution in [3.63, 3.8) is 0 Å². The second-order valence-electron chi connectivity index (χ2n) is 5.82. The van der Waals surface area contributed by atoms with Gasteiger partial charge in [0.05, 0.1) is 22.8 Å². The van der Waals surface area contributed by atoms with Crippen LogP contribution in [-0.4, -0.2) is 15.9 Å². The molecule has 1 unspecified atom stereocenters. The second-order valence-corrected chi connectivity index (χ2v) is 6.67. The van der Waals surface area contributed by atoms with E-state index in [1.807, 2.05) is 36.4 Å². The van der Waals surface area contributed by atoms with Crippen molar-refractivity contribution in [3.05, 3.63) is 82.2 Å². The number of carbonyl (C=O) groups is 1. The van der Waals surface area contributed by atoms with Gasteiger partial charge in [0.1, 0.15) is 17.7 Å². The molecule has 2 aromatic carbocycles. The molecule has 25 heavy (non-hydrogen) atoms. The normalized spacial score (nSPS) is 16.4. The van der Waals surface area contributed by atoms with Crippen LogP contribution in [0, 0.1) is 0 Å². The summed E-state index contributed by atoms with van der Waals surface area (Å²) in [7, 11) is 0. The number of phenolic OH excluding ortho intramolecular Hbond substituents is 1. The predicted molar refractivity (Wildman–Crippen MR) is 97.2 cm³/mol. The Morgan fingerprint density at radius 3 is 2.76 bits per heavy atom. The van der Waals surface area contributed by atoms with Crippen LogP contribution in [-0.2, 0) is 6.54 Å². The number of nitrogens with one attached hydrogen (secondary N) is 1. The molecule has 2 heterocycles. The highest BCUT2D eigenvalue weighted by molar-refractivity contribution is 9.10. The van der Waals surface area contributed by atoms with Gasteiger partial charge < -0.3 is 19.7 Å². The van der Waals surface area contributed by atoms with E-state index in [0.717, 1.165) is 11.3 Å². The second kappa shape index (κ2) is 6.29. The van der Waals surface area contributed by atoms with Crippen molar-refractivity contribution in [3.8, 4) is 5.75 Å². The van der Waals surface area contributed by atoms with Crippen molar-refractivity contribution >= 4 is 27.5 Å². The van der Waals surface area contributed by atoms with Crippen LogP contribution in [0.2, 0.25) is 0 Å². The van der Waals surface area contributed by atoms with Crippen LogP contribution in [0.1, 0.15) is 27.8 Å². The lowest BCUT2D eigenvalue weighted by Gasteiger charge is -2.37. The van der Waals surface area contributed by atoms with Gasteiger partial charge in [0, 0.05) is 5.69 Å². The van der Waals surface area contributed by atoms with E-state index in [4.69, 9.17) is 4.42 Å². The first kappa shape index (κ1) is 15.8. The topological polar surface area (TPSA) is 65.7 Å². The van der Waals surface area contributed by atoms with Gasteiger partial charge in [-0.3, -0.25) is 4.79 Å². The summed E-state index contributed by atoms with van der Waals surface area (Å²) in [6, 6.07) is 16.3. The zero-order chi connectivity index (χ0) is 17.4. The number of fused-ring (bicyclic) bond motifs is 1. The van der Waals surface area contributed by atoms with Gasteiger partial charge in [0.2, 0.25) is 0 Å². The van der Waals surface area contributed by atoms with Crippen molar-refractivity contribution in [1.82, 2.24) is 4.90 Å². The quantitative estimate of drug-likeness (QED) is 0.680. The van der Waals surface area contributed by atoms with Gasteiger partial charge in [-0.25, -0.2) is 0 Å². The van der Waals surface area contributed by atoms with Crippen molar-refractivity contribution in [2.45, 2.75) is 12.7 Å². The van der Waals surface area contributed by atoms with Crippen molar-refractivity contribution < 1.29 is 14.3 Å². The maximum Gasteiger partial charge on any atom is 0.258 e. The van der Waals surface area contributed by atoms with Gasteiger partial charge >= 0.3 is 0 Å². The molecule has 0 bridgehead atoms. The Balaban J connectivity index is 1.78. The Kier molecular flexibility index (Phi) is 3.97. The minimum Gasteiger partial charge on any atom is -0.507 e. The smallest absolute Gasteiger partial charge is 0.258 e. The molecular formula is C19H15BrN2O3. The molecule has 5 nitrogen and oxygen atoms in total. The zero-order valence-corrected chi connectivity index (χ0v) is 14.7. The molecule has 1 aliphatic heterocycles. The van der Waals surface area contributed by atoms with E-state index in [0.29, 0.717) is 22.3 Å². The molecule has 1 aromatic heterocycles. The average molecular weight is 399 g/mol. The number of aromatic hydroxyl groups is 1. The summed E-state index contributed by atoms with van der Waals surface area (Å²) in [5, 5.41) is 13.2. The number of carbonyl (C=O) groups excluding carboxylic acids is 1. The van der Waals surface area contributed by atoms with Crippen LogP contribution in [0.3, 0.4) is 0 Å². The number of hydrogen-bond acceptors (Lipinski definition) is 4. The van der Waals surface area contributed by atoms with E-state index in [9.17, 15) is 9.90 Å². The molecule has 4 rings (SSSR count). The fourth-order valence-corrected chi connectivity index (χ4v) is 3.38. The molecule has 3 aromatic rings. The van der Waals surface area contributed by atoms with Crippen LogP contribution >= 0.6 is 15.9 Å². The van der Waals surface area contributed by atoms with Crippen LogP contribution < -0.4 is 5.32 Å². The number of anilines is 1. The Bertz CT molecular complexity index is 924. The van der Waals surface area contributed by atoms with Crippen LogP contribution in [0.25, 0.3) is 0 Å². The fraction of sp³-hybridized carbons (Fsp3) is 0.105. The molecule has 2 N–H and O–H groups in total. The molecule has 1 atom stereocenters. The molecule has 0 saturated carbocycles. The van der Waals surface area contributed by atoms with Crippen LogP contribution in [0.15, 0.2) is 69.8 Å². The molecule has 6 heteroatoms. The summed E-state index contributed by atoms with van der Waals surface area (Å²) in [4.78, 5) is 14.8. The zero-order valence-electron chi connectivity index (χ0n) is 13.1. The molecular weight excluding hydrogens is 384 g/mol. The molecule has 1 aliphatic rings. The number of furan rings is 1. The lowest BCUT2D eigenvalue weighted by Crippen LogP contribution is -2.42. The maximum atomic E-state index is 13.1. The largest absolute Gasteiger partial charge is 0.507 e. The number of para-hydroxylation sites is 1. The molecule has 0 spiro atoms. The van der Waals surface area contributed by atoms with Crippen molar-refractivity contribution in [1.29, 1.82) is 0 Å². The number of phenols is 1. The van der Waals surface area contributed by atoms with Crippen molar-refractivity contribution in [2.24, 2.45) is 0 Å². The third-order valence-electron chi connectivity index (χ3n) is 4.22. The highest BCUT2D eigenvalue weighted by atomic mass is 79.9. The minimum atomic E-state index is -0.371. The summed E-state index contributed by atoms with van der Waals surface area (Å²) in [5.74, 6) is 0.793. The van der Waals surface area contributed by atoms with Gasteiger partial charge in [-0.05, 0) is 57.9 Å². The van der Waals surface area contributed by atoms with Gasteiger partial charge in [-0.1, -0.05) is 18.2 Å². The Morgan fingerprint density at radius 1 is 1.16 bits per heavy atom. The summed E-state index contributed by atoms with van der Waals surface area (Å²) in [6.45, 7) is 0.344. The van der Waals surface area contributed by atoms with Gasteiger partial charge in [-0.15, -0.1) is 0 Å². The summed E-state index contributed by atoms with van der Waals surface area (Å²) in [6.07, 6.45) is 1.22. The molecule has 0 saturated heterocycles. The summed E-state index contributed by atoms with van der Waals surface area (Å²) < 4.78 is 6.01.